The number of H-pyrrole nitrogens is 1. The third kappa shape index (κ3) is 1.98. The maximum absolute atomic E-state index is 12.6. The molecule has 3 heterocycles. The zero-order valence-corrected chi connectivity index (χ0v) is 11.9. The van der Waals surface area contributed by atoms with E-state index < -0.39 is 0 Å². The van der Waals surface area contributed by atoms with Crippen LogP contribution in [0.3, 0.4) is 0 Å². The molecule has 0 aliphatic heterocycles. The number of nitrogens with zero attached hydrogens (tertiary/aromatic N) is 2. The monoisotopic (exact) mass is 287 g/mol. The van der Waals surface area contributed by atoms with E-state index in [4.69, 9.17) is 15.9 Å². The normalized spacial score (nSPS) is 11.4. The van der Waals surface area contributed by atoms with E-state index in [9.17, 15) is 4.79 Å². The Morgan fingerprint density at radius 2 is 1.95 bits per heavy atom. The fourth-order valence-corrected chi connectivity index (χ4v) is 2.58. The van der Waals surface area contributed by atoms with Crippen molar-refractivity contribution in [2.75, 3.05) is 0 Å². The first-order valence-corrected chi connectivity index (χ1v) is 6.66. The van der Waals surface area contributed by atoms with Crippen molar-refractivity contribution in [2.45, 2.75) is 26.9 Å². The zero-order chi connectivity index (χ0) is 15.1. The van der Waals surface area contributed by atoms with E-state index in [2.05, 4.69) is 10.1 Å². The van der Waals surface area contributed by atoms with E-state index in [-0.39, 0.29) is 18.6 Å². The molecule has 0 fully saturated rings. The van der Waals surface area contributed by atoms with E-state index >= 15 is 0 Å². The third-order valence-corrected chi connectivity index (χ3v) is 3.49. The van der Waals surface area contributed by atoms with Gasteiger partial charge in [-0.1, -0.05) is 0 Å². The van der Waals surface area contributed by atoms with E-state index in [1.54, 1.807) is 6.92 Å². The third-order valence-electron chi connectivity index (χ3n) is 3.49. The van der Waals surface area contributed by atoms with Gasteiger partial charge in [0, 0.05) is 29.8 Å². The van der Waals surface area contributed by atoms with Crippen LogP contribution in [0.15, 0.2) is 21.3 Å². The van der Waals surface area contributed by atoms with Crippen molar-refractivity contribution in [2.24, 2.45) is 11.5 Å². The van der Waals surface area contributed by atoms with Crippen LogP contribution in [0.1, 0.15) is 22.7 Å². The van der Waals surface area contributed by atoms with Crippen LogP contribution < -0.4 is 17.0 Å². The van der Waals surface area contributed by atoms with Gasteiger partial charge in [-0.2, -0.15) is 4.52 Å². The second-order valence-electron chi connectivity index (χ2n) is 4.92. The summed E-state index contributed by atoms with van der Waals surface area (Å²) < 4.78 is 7.06. The number of hydrogen-bond donors (Lipinski definition) is 3. The maximum atomic E-state index is 12.6. The molecular weight excluding hydrogens is 270 g/mol. The molecule has 0 amide bonds. The summed E-state index contributed by atoms with van der Waals surface area (Å²) in [6.07, 6.45) is 0. The van der Waals surface area contributed by atoms with E-state index in [1.807, 2.05) is 19.1 Å². The van der Waals surface area contributed by atoms with Gasteiger partial charge in [0.1, 0.15) is 17.3 Å². The molecule has 7 nitrogen and oxygen atoms in total. The summed E-state index contributed by atoms with van der Waals surface area (Å²) in [7, 11) is 0. The zero-order valence-electron chi connectivity index (χ0n) is 11.9. The van der Waals surface area contributed by atoms with Gasteiger partial charge in [-0.05, 0) is 26.0 Å². The van der Waals surface area contributed by atoms with Crippen LogP contribution >= 0.6 is 0 Å². The highest BCUT2D eigenvalue weighted by atomic mass is 16.3. The molecule has 0 bridgehead atoms. The molecule has 7 heteroatoms. The number of aromatic nitrogens is 3. The molecule has 0 atom stereocenters. The fraction of sp³-hybridized carbons (Fsp3) is 0.286. The van der Waals surface area contributed by atoms with Gasteiger partial charge < -0.3 is 15.9 Å². The van der Waals surface area contributed by atoms with Crippen LogP contribution in [0.4, 0.5) is 0 Å². The number of hydrogen-bond acceptors (Lipinski definition) is 5. The Morgan fingerprint density at radius 3 is 2.52 bits per heavy atom. The molecule has 0 unspecified atom stereocenters. The fourth-order valence-electron chi connectivity index (χ4n) is 2.58. The van der Waals surface area contributed by atoms with Crippen molar-refractivity contribution in [3.63, 3.8) is 0 Å². The number of furan rings is 1. The average molecular weight is 287 g/mol. The second-order valence-corrected chi connectivity index (χ2v) is 4.92. The molecule has 0 saturated carbocycles. The number of aryl methyl sites for hydroxylation is 2. The Balaban J connectivity index is 2.49. The summed E-state index contributed by atoms with van der Waals surface area (Å²) in [6, 6.07) is 3.66. The molecule has 0 aromatic carbocycles. The van der Waals surface area contributed by atoms with Crippen LogP contribution in [-0.2, 0) is 13.1 Å². The molecule has 3 aromatic rings. The van der Waals surface area contributed by atoms with E-state index in [0.29, 0.717) is 28.4 Å². The van der Waals surface area contributed by atoms with E-state index in [1.165, 1.54) is 4.52 Å². The predicted molar refractivity (Wildman–Crippen MR) is 78.8 cm³/mol. The number of nitrogens with one attached hydrogen (secondary N) is 1. The predicted octanol–water partition coefficient (Wildman–Crippen LogP) is 0.817. The summed E-state index contributed by atoms with van der Waals surface area (Å²) in [4.78, 5) is 16.9. The molecule has 0 aliphatic carbocycles. The van der Waals surface area contributed by atoms with Crippen molar-refractivity contribution < 1.29 is 4.42 Å². The summed E-state index contributed by atoms with van der Waals surface area (Å²) in [5.41, 5.74) is 13.8. The Labute approximate surface area is 120 Å². The van der Waals surface area contributed by atoms with Crippen molar-refractivity contribution in [3.05, 3.63) is 45.2 Å². The van der Waals surface area contributed by atoms with Crippen molar-refractivity contribution in [3.8, 4) is 11.3 Å². The van der Waals surface area contributed by atoms with Gasteiger partial charge in [0.25, 0.3) is 5.56 Å². The highest BCUT2D eigenvalue weighted by Crippen LogP contribution is 2.29. The lowest BCUT2D eigenvalue weighted by atomic mass is 10.0. The smallest absolute Gasteiger partial charge is 0.276 e. The first kappa shape index (κ1) is 13.6. The van der Waals surface area contributed by atoms with Crippen molar-refractivity contribution in [1.29, 1.82) is 0 Å². The molecule has 110 valence electrons. The molecule has 3 aromatic heterocycles. The molecular formula is C14H17N5O2. The van der Waals surface area contributed by atoms with Crippen molar-refractivity contribution >= 4 is 5.65 Å². The van der Waals surface area contributed by atoms with Gasteiger partial charge in [0.15, 0.2) is 5.65 Å². The first-order chi connectivity index (χ1) is 10.1. The standard InChI is InChI=1S/C14H17N5O2/c1-7-3-4-11(21-7)12-9(5-15)13-17-8(2)18-19(13)14(20)10(12)6-16/h3-4H,5-6,15-16H2,1-2H3,(H,17,18). The Bertz CT molecular complexity index is 871. The molecule has 0 saturated heterocycles. The number of fused-ring (bicyclic) bond motifs is 1. The summed E-state index contributed by atoms with van der Waals surface area (Å²) >= 11 is 0. The van der Waals surface area contributed by atoms with Crippen LogP contribution in [0, 0.1) is 13.8 Å². The maximum Gasteiger partial charge on any atom is 0.276 e. The number of nitrogens with two attached hydrogens (primary N) is 2. The minimum absolute atomic E-state index is 0.0991. The van der Waals surface area contributed by atoms with Crippen LogP contribution in [0.5, 0.6) is 0 Å². The molecule has 21 heavy (non-hydrogen) atoms. The van der Waals surface area contributed by atoms with Crippen molar-refractivity contribution in [1.82, 2.24) is 14.6 Å². The van der Waals surface area contributed by atoms with Crippen LogP contribution in [-0.4, -0.2) is 14.6 Å². The summed E-state index contributed by atoms with van der Waals surface area (Å²) in [6.45, 7) is 3.96. The van der Waals surface area contributed by atoms with Gasteiger partial charge in [0.2, 0.25) is 0 Å². The number of rotatable bonds is 3. The Kier molecular flexibility index (Phi) is 3.15. The van der Waals surface area contributed by atoms with E-state index in [0.717, 1.165) is 11.3 Å². The Hall–Kier alpha value is -2.38. The first-order valence-electron chi connectivity index (χ1n) is 6.66. The minimum Gasteiger partial charge on any atom is -0.461 e. The lowest BCUT2D eigenvalue weighted by Crippen LogP contribution is -2.25. The quantitative estimate of drug-likeness (QED) is 0.659. The van der Waals surface area contributed by atoms with Gasteiger partial charge in [-0.15, -0.1) is 0 Å². The lowest BCUT2D eigenvalue weighted by molar-refractivity contribution is 0.546. The molecule has 0 aliphatic rings. The summed E-state index contributed by atoms with van der Waals surface area (Å²) in [5.74, 6) is 1.99. The molecule has 0 spiro atoms. The second kappa shape index (κ2) is 4.87. The Morgan fingerprint density at radius 1 is 1.24 bits per heavy atom. The van der Waals surface area contributed by atoms with Crippen LogP contribution in [0.2, 0.25) is 0 Å². The molecule has 0 radical (unpaired) electrons. The van der Waals surface area contributed by atoms with Gasteiger partial charge in [0.05, 0.1) is 0 Å². The molecule has 3 rings (SSSR count). The number of aromatic amines is 1. The summed E-state index contributed by atoms with van der Waals surface area (Å²) in [5, 5.41) is 2.91. The highest BCUT2D eigenvalue weighted by molar-refractivity contribution is 5.73. The topological polar surface area (TPSA) is 115 Å². The van der Waals surface area contributed by atoms with Crippen LogP contribution in [0.25, 0.3) is 17.0 Å². The van der Waals surface area contributed by atoms with Gasteiger partial charge in [-0.3, -0.25) is 9.89 Å². The molecule has 5 N–H and O–H groups in total. The average Bonchev–Trinajstić information content (AvgIpc) is 3.04. The minimum atomic E-state index is -0.227. The largest absolute Gasteiger partial charge is 0.461 e. The van der Waals surface area contributed by atoms with Gasteiger partial charge in [-0.25, -0.2) is 4.98 Å². The highest BCUT2D eigenvalue weighted by Gasteiger charge is 2.21. The lowest BCUT2D eigenvalue weighted by Gasteiger charge is -2.11. The van der Waals surface area contributed by atoms with Gasteiger partial charge >= 0.3 is 0 Å². The SMILES string of the molecule is Cc1nc2c(CN)c(-c3ccc(C)o3)c(CN)c(=O)n2[nH]1. The number of pyridine rings is 1.